The van der Waals surface area contributed by atoms with Crippen LogP contribution < -0.4 is 19.5 Å². The minimum atomic E-state index is -0.759. The number of ether oxygens (including phenoxy) is 5. The largest absolute Gasteiger partial charge is 0.482 e. The fourth-order valence-electron chi connectivity index (χ4n) is 3.71. The van der Waals surface area contributed by atoms with Crippen molar-refractivity contribution in [3.05, 3.63) is 54.1 Å². The van der Waals surface area contributed by atoms with E-state index in [1.54, 1.807) is 0 Å². The summed E-state index contributed by atoms with van der Waals surface area (Å²) < 4.78 is 28.3. The minimum Gasteiger partial charge on any atom is -0.482 e. The molecule has 2 saturated heterocycles. The summed E-state index contributed by atoms with van der Waals surface area (Å²) >= 11 is 0. The van der Waals surface area contributed by atoms with Gasteiger partial charge >= 0.3 is 0 Å². The van der Waals surface area contributed by atoms with Crippen LogP contribution in [-0.4, -0.2) is 49.2 Å². The van der Waals surface area contributed by atoms with Gasteiger partial charge in [-0.1, -0.05) is 24.3 Å². The van der Waals surface area contributed by atoms with E-state index in [9.17, 15) is 5.11 Å². The van der Waals surface area contributed by atoms with Crippen LogP contribution in [0.2, 0.25) is 0 Å². The van der Waals surface area contributed by atoms with Crippen LogP contribution in [0.15, 0.2) is 48.5 Å². The van der Waals surface area contributed by atoms with E-state index in [4.69, 9.17) is 23.7 Å². The third kappa shape index (κ3) is 3.23. The highest BCUT2D eigenvalue weighted by Gasteiger charge is 2.51. The Morgan fingerprint density at radius 2 is 1.93 bits per heavy atom. The Balaban J connectivity index is 1.28. The van der Waals surface area contributed by atoms with Crippen LogP contribution in [-0.2, 0) is 16.0 Å². The van der Waals surface area contributed by atoms with E-state index in [0.29, 0.717) is 18.9 Å². The monoisotopic (exact) mass is 371 g/mol. The van der Waals surface area contributed by atoms with Crippen molar-refractivity contribution in [1.82, 2.24) is 5.32 Å². The average Bonchev–Trinajstić information content (AvgIpc) is 3.34. The summed E-state index contributed by atoms with van der Waals surface area (Å²) in [5, 5.41) is 14.3. The molecule has 2 N–H and O–H groups in total. The van der Waals surface area contributed by atoms with Gasteiger partial charge in [0.15, 0.2) is 23.9 Å². The first-order valence-corrected chi connectivity index (χ1v) is 9.07. The highest BCUT2D eigenvalue weighted by atomic mass is 16.7. The molecule has 0 aromatic heterocycles. The molecule has 2 aromatic rings. The van der Waals surface area contributed by atoms with E-state index in [0.717, 1.165) is 17.1 Å². The van der Waals surface area contributed by atoms with Crippen LogP contribution in [0.1, 0.15) is 5.56 Å². The zero-order valence-electron chi connectivity index (χ0n) is 14.6. The van der Waals surface area contributed by atoms with E-state index in [1.165, 1.54) is 0 Å². The van der Waals surface area contributed by atoms with Crippen molar-refractivity contribution < 1.29 is 28.8 Å². The number of nitrogens with one attached hydrogen (secondary N) is 1. The van der Waals surface area contributed by atoms with Gasteiger partial charge in [0.2, 0.25) is 6.79 Å². The van der Waals surface area contributed by atoms with Gasteiger partial charge in [0.1, 0.15) is 18.0 Å². The average molecular weight is 371 g/mol. The lowest BCUT2D eigenvalue weighted by Gasteiger charge is -2.38. The molecule has 5 atom stereocenters. The highest BCUT2D eigenvalue weighted by Crippen LogP contribution is 2.34. The molecule has 0 saturated carbocycles. The number of aliphatic hydroxyl groups excluding tert-OH is 1. The predicted octanol–water partition coefficient (Wildman–Crippen LogP) is 1.44. The number of aliphatic hydroxyl groups is 1. The maximum absolute atomic E-state index is 10.9. The molecule has 0 amide bonds. The Morgan fingerprint density at radius 3 is 2.81 bits per heavy atom. The number of hydrogen-bond donors (Lipinski definition) is 2. The smallest absolute Gasteiger partial charge is 0.231 e. The summed E-state index contributed by atoms with van der Waals surface area (Å²) in [5.41, 5.74) is 1.04. The summed E-state index contributed by atoms with van der Waals surface area (Å²) in [6.07, 6.45) is -2.13. The molecule has 142 valence electrons. The molecule has 0 radical (unpaired) electrons. The quantitative estimate of drug-likeness (QED) is 0.823. The van der Waals surface area contributed by atoms with E-state index in [-0.39, 0.29) is 18.9 Å². The second-order valence-corrected chi connectivity index (χ2v) is 6.86. The SMILES string of the molecule is O[C@H]1[C@H](NCc2ccc3c(c2)OCO3)[C@H]2CO[C@H](O2)[C@@H]1Oc1ccccc1. The number of fused-ring (bicyclic) bond motifs is 3. The van der Waals surface area contributed by atoms with Crippen molar-refractivity contribution in [2.75, 3.05) is 13.4 Å². The van der Waals surface area contributed by atoms with E-state index in [2.05, 4.69) is 5.32 Å². The molecule has 2 bridgehead atoms. The van der Waals surface area contributed by atoms with E-state index >= 15 is 0 Å². The molecule has 0 spiro atoms. The molecular formula is C20H21NO6. The lowest BCUT2D eigenvalue weighted by atomic mass is 9.97. The molecule has 3 aliphatic heterocycles. The summed E-state index contributed by atoms with van der Waals surface area (Å²) in [6, 6.07) is 14.9. The maximum atomic E-state index is 10.9. The summed E-state index contributed by atoms with van der Waals surface area (Å²) in [6.45, 7) is 1.23. The molecule has 5 rings (SSSR count). The molecule has 7 heteroatoms. The molecule has 3 aliphatic rings. The van der Waals surface area contributed by atoms with Crippen LogP contribution in [0.25, 0.3) is 0 Å². The Hall–Kier alpha value is -2.32. The van der Waals surface area contributed by atoms with Gasteiger partial charge in [-0.2, -0.15) is 0 Å². The molecule has 7 nitrogen and oxygen atoms in total. The Bertz CT molecular complexity index is 800. The van der Waals surface area contributed by atoms with Crippen molar-refractivity contribution in [2.24, 2.45) is 0 Å². The van der Waals surface area contributed by atoms with Gasteiger partial charge in [-0.3, -0.25) is 0 Å². The number of rotatable bonds is 5. The van der Waals surface area contributed by atoms with Gasteiger partial charge in [0, 0.05) is 6.54 Å². The molecule has 2 aromatic carbocycles. The van der Waals surface area contributed by atoms with Gasteiger partial charge in [0.25, 0.3) is 0 Å². The summed E-state index contributed by atoms with van der Waals surface area (Å²) in [4.78, 5) is 0. The lowest BCUT2D eigenvalue weighted by molar-refractivity contribution is -0.193. The Labute approximate surface area is 156 Å². The molecule has 2 fully saturated rings. The molecular weight excluding hydrogens is 350 g/mol. The van der Waals surface area contributed by atoms with Gasteiger partial charge in [-0.05, 0) is 29.8 Å². The number of benzene rings is 2. The first kappa shape index (κ1) is 16.8. The molecule has 27 heavy (non-hydrogen) atoms. The van der Waals surface area contributed by atoms with Gasteiger partial charge in [-0.15, -0.1) is 0 Å². The topological polar surface area (TPSA) is 78.4 Å². The van der Waals surface area contributed by atoms with Gasteiger partial charge in [-0.25, -0.2) is 0 Å². The minimum absolute atomic E-state index is 0.213. The first-order chi connectivity index (χ1) is 13.3. The van der Waals surface area contributed by atoms with Gasteiger partial charge < -0.3 is 34.1 Å². The van der Waals surface area contributed by atoms with Crippen LogP contribution in [0.4, 0.5) is 0 Å². The zero-order valence-corrected chi connectivity index (χ0v) is 14.6. The predicted molar refractivity (Wildman–Crippen MR) is 94.7 cm³/mol. The van der Waals surface area contributed by atoms with E-state index < -0.39 is 18.5 Å². The number of hydrogen-bond acceptors (Lipinski definition) is 7. The fraction of sp³-hybridized carbons (Fsp3) is 0.400. The summed E-state index contributed by atoms with van der Waals surface area (Å²) in [7, 11) is 0. The standard InChI is InChI=1S/C20H21NO6/c22-18-17(21-9-12-6-7-14-15(8-12)25-11-24-14)16-10-23-20(27-16)19(18)26-13-4-2-1-3-5-13/h1-8,16-22H,9-11H2/t16-,17-,18+,19-,20-/m1/s1. The van der Waals surface area contributed by atoms with Crippen molar-refractivity contribution in [2.45, 2.75) is 37.2 Å². The second-order valence-electron chi connectivity index (χ2n) is 6.86. The van der Waals surface area contributed by atoms with Crippen LogP contribution >= 0.6 is 0 Å². The maximum Gasteiger partial charge on any atom is 0.231 e. The van der Waals surface area contributed by atoms with Gasteiger partial charge in [0.05, 0.1) is 12.6 Å². The fourth-order valence-corrected chi connectivity index (χ4v) is 3.71. The number of para-hydroxylation sites is 1. The van der Waals surface area contributed by atoms with Crippen LogP contribution in [0.5, 0.6) is 17.2 Å². The Morgan fingerprint density at radius 1 is 1.07 bits per heavy atom. The van der Waals surface area contributed by atoms with Crippen molar-refractivity contribution >= 4 is 0 Å². The van der Waals surface area contributed by atoms with Crippen molar-refractivity contribution in [3.63, 3.8) is 0 Å². The van der Waals surface area contributed by atoms with Crippen molar-refractivity contribution in [1.29, 1.82) is 0 Å². The normalized spacial score (nSPS) is 31.1. The zero-order chi connectivity index (χ0) is 18.2. The second kappa shape index (κ2) is 7.01. The Kier molecular flexibility index (Phi) is 4.37. The summed E-state index contributed by atoms with van der Waals surface area (Å²) in [5.74, 6) is 2.17. The van der Waals surface area contributed by atoms with Crippen LogP contribution in [0, 0.1) is 0 Å². The van der Waals surface area contributed by atoms with Crippen LogP contribution in [0.3, 0.4) is 0 Å². The highest BCUT2D eigenvalue weighted by molar-refractivity contribution is 5.44. The van der Waals surface area contributed by atoms with Crippen molar-refractivity contribution in [3.8, 4) is 17.2 Å². The molecule has 0 unspecified atom stereocenters. The first-order valence-electron chi connectivity index (χ1n) is 9.07. The van der Waals surface area contributed by atoms with E-state index in [1.807, 2.05) is 48.5 Å². The lowest BCUT2D eigenvalue weighted by Crippen LogP contribution is -2.61. The third-order valence-corrected chi connectivity index (χ3v) is 5.10. The third-order valence-electron chi connectivity index (χ3n) is 5.10. The molecule has 0 aliphatic carbocycles. The molecule has 3 heterocycles.